The SMILES string of the molecule is Cn1nccc1CNCC1(O)CCCC1. The summed E-state index contributed by atoms with van der Waals surface area (Å²) in [7, 11) is 1.93. The fourth-order valence-corrected chi connectivity index (χ4v) is 2.21. The van der Waals surface area contributed by atoms with Crippen molar-refractivity contribution in [1.82, 2.24) is 15.1 Å². The molecule has 4 nitrogen and oxygen atoms in total. The van der Waals surface area contributed by atoms with Gasteiger partial charge < -0.3 is 10.4 Å². The van der Waals surface area contributed by atoms with Gasteiger partial charge in [-0.25, -0.2) is 0 Å². The summed E-state index contributed by atoms with van der Waals surface area (Å²) in [5, 5.41) is 17.5. The Bertz CT molecular complexity index is 315. The first-order valence-electron chi connectivity index (χ1n) is 5.60. The van der Waals surface area contributed by atoms with Crippen molar-refractivity contribution in [3.8, 4) is 0 Å². The third kappa shape index (κ3) is 2.58. The molecule has 2 N–H and O–H groups in total. The molecule has 1 heterocycles. The minimum absolute atomic E-state index is 0.460. The van der Waals surface area contributed by atoms with Gasteiger partial charge in [-0.15, -0.1) is 0 Å². The molecule has 1 aliphatic carbocycles. The highest BCUT2D eigenvalue weighted by Gasteiger charge is 2.30. The van der Waals surface area contributed by atoms with E-state index in [1.165, 1.54) is 0 Å². The molecule has 4 heteroatoms. The average molecular weight is 209 g/mol. The smallest absolute Gasteiger partial charge is 0.0771 e. The Kier molecular flexibility index (Phi) is 3.07. The number of nitrogens with one attached hydrogen (secondary N) is 1. The molecule has 0 spiro atoms. The topological polar surface area (TPSA) is 50.1 Å². The van der Waals surface area contributed by atoms with E-state index in [1.807, 2.05) is 17.8 Å². The zero-order chi connectivity index (χ0) is 10.7. The summed E-state index contributed by atoms with van der Waals surface area (Å²) in [6.07, 6.45) is 5.98. The first-order valence-corrected chi connectivity index (χ1v) is 5.60. The van der Waals surface area contributed by atoms with Gasteiger partial charge in [-0.2, -0.15) is 5.10 Å². The van der Waals surface area contributed by atoms with Gasteiger partial charge in [0.05, 0.1) is 11.3 Å². The lowest BCUT2D eigenvalue weighted by atomic mass is 10.0. The van der Waals surface area contributed by atoms with Gasteiger partial charge in [-0.3, -0.25) is 4.68 Å². The molecule has 0 aromatic carbocycles. The Morgan fingerprint density at radius 1 is 1.53 bits per heavy atom. The maximum Gasteiger partial charge on any atom is 0.0771 e. The van der Waals surface area contributed by atoms with Gasteiger partial charge in [0.2, 0.25) is 0 Å². The average Bonchev–Trinajstić information content (AvgIpc) is 2.78. The minimum Gasteiger partial charge on any atom is -0.389 e. The molecule has 2 rings (SSSR count). The molecule has 1 aromatic rings. The van der Waals surface area contributed by atoms with Gasteiger partial charge in [0.1, 0.15) is 0 Å². The Hall–Kier alpha value is -0.870. The quantitative estimate of drug-likeness (QED) is 0.771. The van der Waals surface area contributed by atoms with Gasteiger partial charge in [0.25, 0.3) is 0 Å². The van der Waals surface area contributed by atoms with E-state index in [1.54, 1.807) is 6.20 Å². The first-order chi connectivity index (χ1) is 7.20. The van der Waals surface area contributed by atoms with Crippen molar-refractivity contribution in [2.24, 2.45) is 7.05 Å². The van der Waals surface area contributed by atoms with Gasteiger partial charge in [-0.05, 0) is 18.9 Å². The lowest BCUT2D eigenvalue weighted by molar-refractivity contribution is 0.0473. The summed E-state index contributed by atoms with van der Waals surface area (Å²) in [6.45, 7) is 1.47. The number of rotatable bonds is 4. The summed E-state index contributed by atoms with van der Waals surface area (Å²) in [6, 6.07) is 1.99. The molecular weight excluding hydrogens is 190 g/mol. The molecule has 1 aliphatic rings. The van der Waals surface area contributed by atoms with Crippen LogP contribution in [0, 0.1) is 0 Å². The van der Waals surface area contributed by atoms with Crippen molar-refractivity contribution in [2.75, 3.05) is 6.54 Å². The summed E-state index contributed by atoms with van der Waals surface area (Å²) >= 11 is 0. The van der Waals surface area contributed by atoms with Crippen LogP contribution in [0.5, 0.6) is 0 Å². The van der Waals surface area contributed by atoms with E-state index in [-0.39, 0.29) is 0 Å². The molecule has 0 aliphatic heterocycles. The van der Waals surface area contributed by atoms with Crippen LogP contribution in [0.4, 0.5) is 0 Å². The van der Waals surface area contributed by atoms with Gasteiger partial charge >= 0.3 is 0 Å². The molecule has 0 saturated heterocycles. The molecule has 1 fully saturated rings. The van der Waals surface area contributed by atoms with E-state index in [9.17, 15) is 5.11 Å². The van der Waals surface area contributed by atoms with Crippen molar-refractivity contribution in [2.45, 2.75) is 37.8 Å². The van der Waals surface area contributed by atoms with Crippen LogP contribution >= 0.6 is 0 Å². The minimum atomic E-state index is -0.460. The van der Waals surface area contributed by atoms with Crippen LogP contribution in [0.25, 0.3) is 0 Å². The van der Waals surface area contributed by atoms with Crippen LogP contribution < -0.4 is 5.32 Å². The normalized spacial score (nSPS) is 19.6. The number of hydrogen-bond acceptors (Lipinski definition) is 3. The summed E-state index contributed by atoms with van der Waals surface area (Å²) in [5.74, 6) is 0. The Balaban J connectivity index is 1.77. The second-order valence-electron chi connectivity index (χ2n) is 4.48. The van der Waals surface area contributed by atoms with Crippen LogP contribution in [0.1, 0.15) is 31.4 Å². The van der Waals surface area contributed by atoms with Gasteiger partial charge in [-0.1, -0.05) is 12.8 Å². The van der Waals surface area contributed by atoms with Crippen molar-refractivity contribution >= 4 is 0 Å². The predicted octanol–water partition coefficient (Wildman–Crippen LogP) is 0.815. The molecule has 0 unspecified atom stereocenters. The maximum absolute atomic E-state index is 10.1. The lowest BCUT2D eigenvalue weighted by Crippen LogP contribution is -2.37. The molecule has 1 aromatic heterocycles. The van der Waals surface area contributed by atoms with Crippen molar-refractivity contribution in [3.63, 3.8) is 0 Å². The van der Waals surface area contributed by atoms with E-state index in [0.717, 1.165) is 37.9 Å². The largest absolute Gasteiger partial charge is 0.389 e. The number of nitrogens with zero attached hydrogens (tertiary/aromatic N) is 2. The van der Waals surface area contributed by atoms with E-state index >= 15 is 0 Å². The highest BCUT2D eigenvalue weighted by molar-refractivity contribution is 4.99. The number of aryl methyl sites for hydroxylation is 1. The summed E-state index contributed by atoms with van der Waals surface area (Å²) < 4.78 is 1.85. The Morgan fingerprint density at radius 2 is 2.27 bits per heavy atom. The monoisotopic (exact) mass is 209 g/mol. The molecule has 0 amide bonds. The van der Waals surface area contributed by atoms with E-state index in [2.05, 4.69) is 10.4 Å². The second-order valence-corrected chi connectivity index (χ2v) is 4.48. The van der Waals surface area contributed by atoms with Crippen LogP contribution in [0.2, 0.25) is 0 Å². The number of aliphatic hydroxyl groups is 1. The van der Waals surface area contributed by atoms with Gasteiger partial charge in [0.15, 0.2) is 0 Å². The number of hydrogen-bond donors (Lipinski definition) is 2. The summed E-state index contributed by atoms with van der Waals surface area (Å²) in [4.78, 5) is 0. The first kappa shape index (κ1) is 10.6. The molecule has 0 radical (unpaired) electrons. The standard InChI is InChI=1S/C11H19N3O/c1-14-10(4-7-13-14)8-12-9-11(15)5-2-3-6-11/h4,7,12,15H,2-3,5-6,8-9H2,1H3. The van der Waals surface area contributed by atoms with Crippen molar-refractivity contribution in [1.29, 1.82) is 0 Å². The fraction of sp³-hybridized carbons (Fsp3) is 0.727. The predicted molar refractivity (Wildman–Crippen MR) is 58.3 cm³/mol. The van der Waals surface area contributed by atoms with E-state index in [0.29, 0.717) is 6.54 Å². The third-order valence-electron chi connectivity index (χ3n) is 3.22. The van der Waals surface area contributed by atoms with Crippen LogP contribution in [-0.4, -0.2) is 27.0 Å². The molecule has 1 saturated carbocycles. The molecular formula is C11H19N3O. The van der Waals surface area contributed by atoms with Crippen molar-refractivity contribution in [3.05, 3.63) is 18.0 Å². The highest BCUT2D eigenvalue weighted by Crippen LogP contribution is 2.28. The van der Waals surface area contributed by atoms with Crippen molar-refractivity contribution < 1.29 is 5.11 Å². The maximum atomic E-state index is 10.1. The number of aromatic nitrogens is 2. The molecule has 84 valence electrons. The zero-order valence-electron chi connectivity index (χ0n) is 9.24. The van der Waals surface area contributed by atoms with Crippen LogP contribution in [0.15, 0.2) is 12.3 Å². The Labute approximate surface area is 90.3 Å². The van der Waals surface area contributed by atoms with E-state index in [4.69, 9.17) is 0 Å². The third-order valence-corrected chi connectivity index (χ3v) is 3.22. The second kappa shape index (κ2) is 4.33. The van der Waals surface area contributed by atoms with Crippen LogP contribution in [0.3, 0.4) is 0 Å². The summed E-state index contributed by atoms with van der Waals surface area (Å²) in [5.41, 5.74) is 0.690. The van der Waals surface area contributed by atoms with Gasteiger partial charge in [0, 0.05) is 26.3 Å². The molecule has 15 heavy (non-hydrogen) atoms. The fourth-order valence-electron chi connectivity index (χ4n) is 2.21. The zero-order valence-corrected chi connectivity index (χ0v) is 9.24. The molecule has 0 atom stereocenters. The molecule has 0 bridgehead atoms. The lowest BCUT2D eigenvalue weighted by Gasteiger charge is -2.22. The highest BCUT2D eigenvalue weighted by atomic mass is 16.3. The van der Waals surface area contributed by atoms with E-state index < -0.39 is 5.60 Å². The Morgan fingerprint density at radius 3 is 2.87 bits per heavy atom. The van der Waals surface area contributed by atoms with Crippen LogP contribution in [-0.2, 0) is 13.6 Å².